The minimum atomic E-state index is -0.536. The Balaban J connectivity index is 2.75. The van der Waals surface area contributed by atoms with Crippen LogP contribution in [-0.2, 0) is 0 Å². The number of benzene rings is 1. The number of thiophene rings is 1. The molecular formula is C12H14O2S. The van der Waals surface area contributed by atoms with Gasteiger partial charge in [-0.1, -0.05) is 18.2 Å². The van der Waals surface area contributed by atoms with E-state index >= 15 is 0 Å². The van der Waals surface area contributed by atoms with E-state index in [4.69, 9.17) is 0 Å². The fourth-order valence-corrected chi connectivity index (χ4v) is 3.06. The molecule has 0 saturated carbocycles. The van der Waals surface area contributed by atoms with Gasteiger partial charge < -0.3 is 10.2 Å². The zero-order valence-corrected chi connectivity index (χ0v) is 9.58. The molecule has 15 heavy (non-hydrogen) atoms. The Hall–Kier alpha value is -0.900. The molecule has 2 unspecified atom stereocenters. The molecule has 0 aliphatic carbocycles. The summed E-state index contributed by atoms with van der Waals surface area (Å²) in [4.78, 5) is 0.867. The SMILES string of the molecule is CC(O)c1sc2ccccc2c1C(C)O. The lowest BCUT2D eigenvalue weighted by atomic mass is 10.0. The third-order valence-corrected chi connectivity index (χ3v) is 3.82. The molecule has 0 bridgehead atoms. The number of aliphatic hydroxyl groups is 2. The average molecular weight is 222 g/mol. The summed E-state index contributed by atoms with van der Waals surface area (Å²) in [6.45, 7) is 3.47. The van der Waals surface area contributed by atoms with Crippen LogP contribution in [-0.4, -0.2) is 10.2 Å². The Bertz CT molecular complexity index is 471. The number of hydrogen-bond acceptors (Lipinski definition) is 3. The van der Waals surface area contributed by atoms with Gasteiger partial charge in [0.1, 0.15) is 0 Å². The van der Waals surface area contributed by atoms with Crippen molar-refractivity contribution in [3.05, 3.63) is 34.7 Å². The van der Waals surface area contributed by atoms with E-state index in [0.717, 1.165) is 20.5 Å². The summed E-state index contributed by atoms with van der Waals surface area (Å²) >= 11 is 1.55. The van der Waals surface area contributed by atoms with E-state index in [-0.39, 0.29) is 0 Å². The van der Waals surface area contributed by atoms with Gasteiger partial charge in [-0.2, -0.15) is 0 Å². The lowest BCUT2D eigenvalue weighted by Gasteiger charge is -2.09. The highest BCUT2D eigenvalue weighted by Gasteiger charge is 2.18. The van der Waals surface area contributed by atoms with Crippen molar-refractivity contribution in [3.8, 4) is 0 Å². The van der Waals surface area contributed by atoms with Gasteiger partial charge in [-0.3, -0.25) is 0 Å². The van der Waals surface area contributed by atoms with Crippen molar-refractivity contribution >= 4 is 21.4 Å². The molecule has 2 nitrogen and oxygen atoms in total. The number of rotatable bonds is 2. The second-order valence-corrected chi connectivity index (χ2v) is 4.81. The molecule has 0 fully saturated rings. The van der Waals surface area contributed by atoms with Crippen molar-refractivity contribution < 1.29 is 10.2 Å². The lowest BCUT2D eigenvalue weighted by molar-refractivity contribution is 0.180. The summed E-state index contributed by atoms with van der Waals surface area (Å²) in [5.74, 6) is 0. The van der Waals surface area contributed by atoms with Crippen LogP contribution in [0.1, 0.15) is 36.5 Å². The van der Waals surface area contributed by atoms with Gasteiger partial charge in [0, 0.05) is 15.1 Å². The highest BCUT2D eigenvalue weighted by Crippen LogP contribution is 2.38. The average Bonchev–Trinajstić information content (AvgIpc) is 2.56. The molecule has 2 N–H and O–H groups in total. The van der Waals surface area contributed by atoms with Gasteiger partial charge in [0.05, 0.1) is 12.2 Å². The molecule has 2 atom stereocenters. The summed E-state index contributed by atoms with van der Waals surface area (Å²) in [6, 6.07) is 7.92. The van der Waals surface area contributed by atoms with Crippen molar-refractivity contribution in [2.75, 3.05) is 0 Å². The molecule has 1 aromatic carbocycles. The first-order valence-corrected chi connectivity index (χ1v) is 5.80. The Morgan fingerprint density at radius 1 is 1.07 bits per heavy atom. The topological polar surface area (TPSA) is 40.5 Å². The van der Waals surface area contributed by atoms with Gasteiger partial charge in [0.25, 0.3) is 0 Å². The summed E-state index contributed by atoms with van der Waals surface area (Å²) in [5.41, 5.74) is 0.866. The smallest absolute Gasteiger partial charge is 0.0858 e. The molecule has 0 radical (unpaired) electrons. The monoisotopic (exact) mass is 222 g/mol. The van der Waals surface area contributed by atoms with Crippen LogP contribution < -0.4 is 0 Å². The van der Waals surface area contributed by atoms with Crippen molar-refractivity contribution in [1.29, 1.82) is 0 Å². The molecule has 0 amide bonds. The van der Waals surface area contributed by atoms with Crippen LogP contribution in [0.5, 0.6) is 0 Å². The van der Waals surface area contributed by atoms with Crippen LogP contribution >= 0.6 is 11.3 Å². The summed E-state index contributed by atoms with van der Waals surface area (Å²) in [6.07, 6.45) is -1.06. The van der Waals surface area contributed by atoms with Crippen LogP contribution in [0.25, 0.3) is 10.1 Å². The predicted octanol–water partition coefficient (Wildman–Crippen LogP) is 3.01. The molecule has 0 saturated heterocycles. The maximum atomic E-state index is 9.74. The number of aliphatic hydroxyl groups excluding tert-OH is 2. The minimum absolute atomic E-state index is 0.521. The van der Waals surface area contributed by atoms with E-state index < -0.39 is 12.2 Å². The van der Waals surface area contributed by atoms with E-state index in [1.807, 2.05) is 24.3 Å². The molecule has 0 spiro atoms. The highest BCUT2D eigenvalue weighted by molar-refractivity contribution is 7.19. The summed E-state index contributed by atoms with van der Waals surface area (Å²) < 4.78 is 1.12. The first-order valence-electron chi connectivity index (χ1n) is 4.98. The largest absolute Gasteiger partial charge is 0.389 e. The van der Waals surface area contributed by atoms with E-state index in [1.165, 1.54) is 0 Å². The summed E-state index contributed by atoms with van der Waals surface area (Å²) in [7, 11) is 0. The second kappa shape index (κ2) is 3.93. The Morgan fingerprint density at radius 2 is 1.73 bits per heavy atom. The third-order valence-electron chi connectivity index (χ3n) is 2.46. The van der Waals surface area contributed by atoms with E-state index in [9.17, 15) is 10.2 Å². The molecule has 80 valence electrons. The summed E-state index contributed by atoms with van der Waals surface area (Å²) in [5, 5.41) is 20.4. The molecule has 0 aliphatic heterocycles. The Labute approximate surface area is 92.8 Å². The normalized spacial score (nSPS) is 15.5. The second-order valence-electron chi connectivity index (χ2n) is 3.73. The minimum Gasteiger partial charge on any atom is -0.389 e. The molecule has 1 aromatic heterocycles. The molecule has 0 aliphatic rings. The van der Waals surface area contributed by atoms with Crippen LogP contribution in [0.3, 0.4) is 0 Å². The Kier molecular flexibility index (Phi) is 2.78. The lowest BCUT2D eigenvalue weighted by Crippen LogP contribution is -1.97. The van der Waals surface area contributed by atoms with Crippen molar-refractivity contribution in [2.45, 2.75) is 26.1 Å². The van der Waals surface area contributed by atoms with Gasteiger partial charge in [-0.15, -0.1) is 11.3 Å². The molecule has 2 aromatic rings. The molecule has 1 heterocycles. The van der Waals surface area contributed by atoms with Gasteiger partial charge >= 0.3 is 0 Å². The van der Waals surface area contributed by atoms with Crippen LogP contribution in [0.4, 0.5) is 0 Å². The fourth-order valence-electron chi connectivity index (χ4n) is 1.83. The zero-order valence-electron chi connectivity index (χ0n) is 8.77. The van der Waals surface area contributed by atoms with E-state index in [0.29, 0.717) is 0 Å². The van der Waals surface area contributed by atoms with Crippen LogP contribution in [0, 0.1) is 0 Å². The standard InChI is InChI=1S/C12H14O2S/c1-7(13)11-9-5-3-4-6-10(9)15-12(11)8(2)14/h3-8,13-14H,1-2H3. The fraction of sp³-hybridized carbons (Fsp3) is 0.333. The van der Waals surface area contributed by atoms with Gasteiger partial charge in [0.15, 0.2) is 0 Å². The van der Waals surface area contributed by atoms with Crippen molar-refractivity contribution in [2.24, 2.45) is 0 Å². The predicted molar refractivity (Wildman–Crippen MR) is 63.1 cm³/mol. The van der Waals surface area contributed by atoms with Gasteiger partial charge in [0.2, 0.25) is 0 Å². The van der Waals surface area contributed by atoms with Gasteiger partial charge in [-0.05, 0) is 25.3 Å². The van der Waals surface area contributed by atoms with Crippen LogP contribution in [0.2, 0.25) is 0 Å². The highest BCUT2D eigenvalue weighted by atomic mass is 32.1. The van der Waals surface area contributed by atoms with Crippen molar-refractivity contribution in [3.63, 3.8) is 0 Å². The third kappa shape index (κ3) is 1.78. The quantitative estimate of drug-likeness (QED) is 0.820. The van der Waals surface area contributed by atoms with E-state index in [1.54, 1.807) is 25.2 Å². The van der Waals surface area contributed by atoms with Crippen molar-refractivity contribution in [1.82, 2.24) is 0 Å². The molecule has 2 rings (SSSR count). The number of fused-ring (bicyclic) bond motifs is 1. The molecular weight excluding hydrogens is 208 g/mol. The van der Waals surface area contributed by atoms with Gasteiger partial charge in [-0.25, -0.2) is 0 Å². The maximum Gasteiger partial charge on any atom is 0.0858 e. The van der Waals surface area contributed by atoms with E-state index in [2.05, 4.69) is 0 Å². The first kappa shape index (κ1) is 10.6. The first-order chi connectivity index (χ1) is 7.11. The maximum absolute atomic E-state index is 9.74. The Morgan fingerprint density at radius 3 is 2.33 bits per heavy atom. The number of hydrogen-bond donors (Lipinski definition) is 2. The van der Waals surface area contributed by atoms with Crippen LogP contribution in [0.15, 0.2) is 24.3 Å². The molecule has 3 heteroatoms. The zero-order chi connectivity index (χ0) is 11.0.